The minimum atomic E-state index is 0.00151. The molecule has 0 aromatic carbocycles. The summed E-state index contributed by atoms with van der Waals surface area (Å²) in [5, 5.41) is 7.81. The van der Waals surface area contributed by atoms with E-state index in [1.807, 2.05) is 6.20 Å². The Morgan fingerprint density at radius 1 is 1.29 bits per heavy atom. The Balaban J connectivity index is 2.09. The monoisotopic (exact) mass is 292 g/mol. The molecule has 0 saturated carbocycles. The number of piperidine rings is 1. The molecule has 21 heavy (non-hydrogen) atoms. The van der Waals surface area contributed by atoms with E-state index in [1.54, 1.807) is 10.7 Å². The van der Waals surface area contributed by atoms with Gasteiger partial charge in [-0.3, -0.25) is 4.79 Å². The maximum absolute atomic E-state index is 12.3. The first-order valence-corrected chi connectivity index (χ1v) is 8.17. The van der Waals surface area contributed by atoms with Crippen molar-refractivity contribution in [3.05, 3.63) is 22.6 Å². The van der Waals surface area contributed by atoms with Gasteiger partial charge >= 0.3 is 0 Å². The molecule has 1 aliphatic rings. The summed E-state index contributed by atoms with van der Waals surface area (Å²) in [4.78, 5) is 14.6. The highest BCUT2D eigenvalue weighted by molar-refractivity contribution is 5.43. The summed E-state index contributed by atoms with van der Waals surface area (Å²) in [7, 11) is 0. The summed E-state index contributed by atoms with van der Waals surface area (Å²) < 4.78 is 1.58. The van der Waals surface area contributed by atoms with Gasteiger partial charge in [0.15, 0.2) is 0 Å². The maximum Gasteiger partial charge on any atom is 0.268 e. The molecule has 0 amide bonds. The molecular weight excluding hydrogens is 264 g/mol. The van der Waals surface area contributed by atoms with E-state index in [9.17, 15) is 4.79 Å². The minimum absolute atomic E-state index is 0.00151. The molecule has 0 spiro atoms. The van der Waals surface area contributed by atoms with E-state index in [4.69, 9.17) is 0 Å². The lowest BCUT2D eigenvalue weighted by molar-refractivity contribution is 0.342. The first-order chi connectivity index (χ1) is 10.1. The fourth-order valence-electron chi connectivity index (χ4n) is 2.85. The molecule has 1 saturated heterocycles. The number of aromatic nitrogens is 2. The molecule has 2 rings (SSSR count). The number of nitrogens with one attached hydrogen (secondary N) is 1. The van der Waals surface area contributed by atoms with Crippen molar-refractivity contribution in [2.45, 2.75) is 52.6 Å². The molecule has 1 fully saturated rings. The largest absolute Gasteiger partial charge is 0.370 e. The molecule has 5 nitrogen and oxygen atoms in total. The van der Waals surface area contributed by atoms with Crippen molar-refractivity contribution >= 4 is 5.69 Å². The van der Waals surface area contributed by atoms with Crippen LogP contribution < -0.4 is 15.8 Å². The Labute approximate surface area is 127 Å². The van der Waals surface area contributed by atoms with Gasteiger partial charge in [-0.25, -0.2) is 4.68 Å². The van der Waals surface area contributed by atoms with Gasteiger partial charge in [0, 0.05) is 25.2 Å². The van der Waals surface area contributed by atoms with Crippen molar-refractivity contribution in [2.24, 2.45) is 5.92 Å². The number of rotatable bonds is 6. The smallest absolute Gasteiger partial charge is 0.268 e. The van der Waals surface area contributed by atoms with Crippen LogP contribution in [-0.4, -0.2) is 35.5 Å². The van der Waals surface area contributed by atoms with Crippen LogP contribution in [0.25, 0.3) is 0 Å². The van der Waals surface area contributed by atoms with Crippen molar-refractivity contribution in [1.82, 2.24) is 15.1 Å². The summed E-state index contributed by atoms with van der Waals surface area (Å²) >= 11 is 0. The first kappa shape index (κ1) is 16.0. The standard InChI is InChI=1S/C16H28N4O/c1-4-17-15(13(2)3)12-20-16(21)10-14(11-18-20)19-8-6-5-7-9-19/h10-11,13,15,17H,4-9,12H2,1-3H3. The Hall–Kier alpha value is -1.36. The number of likely N-dealkylation sites (N-methyl/N-ethyl adjacent to an activating group) is 1. The lowest BCUT2D eigenvalue weighted by Crippen LogP contribution is -2.41. The normalized spacial score (nSPS) is 17.2. The van der Waals surface area contributed by atoms with Crippen LogP contribution in [0.4, 0.5) is 5.69 Å². The molecular formula is C16H28N4O. The molecule has 118 valence electrons. The van der Waals surface area contributed by atoms with Crippen molar-refractivity contribution < 1.29 is 0 Å². The number of hydrogen-bond donors (Lipinski definition) is 1. The zero-order chi connectivity index (χ0) is 15.2. The van der Waals surface area contributed by atoms with E-state index >= 15 is 0 Å². The van der Waals surface area contributed by atoms with Crippen LogP contribution in [0.1, 0.15) is 40.0 Å². The average molecular weight is 292 g/mol. The van der Waals surface area contributed by atoms with Crippen molar-refractivity contribution in [2.75, 3.05) is 24.5 Å². The minimum Gasteiger partial charge on any atom is -0.370 e. The van der Waals surface area contributed by atoms with Crippen LogP contribution in [0.2, 0.25) is 0 Å². The summed E-state index contributed by atoms with van der Waals surface area (Å²) in [6.45, 7) is 10.0. The zero-order valence-electron chi connectivity index (χ0n) is 13.5. The molecule has 1 unspecified atom stereocenters. The molecule has 1 atom stereocenters. The second-order valence-corrected chi connectivity index (χ2v) is 6.19. The Bertz CT molecular complexity index is 491. The Kier molecular flexibility index (Phi) is 5.79. The molecule has 1 aromatic rings. The molecule has 1 aromatic heterocycles. The van der Waals surface area contributed by atoms with Gasteiger partial charge in [0.25, 0.3) is 5.56 Å². The van der Waals surface area contributed by atoms with Gasteiger partial charge in [0.2, 0.25) is 0 Å². The van der Waals surface area contributed by atoms with Crippen molar-refractivity contribution in [3.63, 3.8) is 0 Å². The fraction of sp³-hybridized carbons (Fsp3) is 0.750. The summed E-state index contributed by atoms with van der Waals surface area (Å²) in [5.41, 5.74) is 0.974. The third kappa shape index (κ3) is 4.30. The molecule has 5 heteroatoms. The molecule has 0 aliphatic carbocycles. The topological polar surface area (TPSA) is 50.2 Å². The van der Waals surface area contributed by atoms with Crippen molar-refractivity contribution in [1.29, 1.82) is 0 Å². The van der Waals surface area contributed by atoms with E-state index in [0.29, 0.717) is 12.5 Å². The predicted molar refractivity (Wildman–Crippen MR) is 86.9 cm³/mol. The Morgan fingerprint density at radius 3 is 2.57 bits per heavy atom. The third-order valence-electron chi connectivity index (χ3n) is 4.22. The second kappa shape index (κ2) is 7.59. The highest BCUT2D eigenvalue weighted by Gasteiger charge is 2.16. The molecule has 1 N–H and O–H groups in total. The lowest BCUT2D eigenvalue weighted by Gasteiger charge is -2.28. The second-order valence-electron chi connectivity index (χ2n) is 6.19. The highest BCUT2D eigenvalue weighted by atomic mass is 16.1. The SMILES string of the molecule is CCNC(Cn1ncc(N2CCCCC2)cc1=O)C(C)C. The molecule has 0 bridgehead atoms. The van der Waals surface area contributed by atoms with Gasteiger partial charge in [-0.2, -0.15) is 5.10 Å². The number of nitrogens with zero attached hydrogens (tertiary/aromatic N) is 3. The van der Waals surface area contributed by atoms with Crippen LogP contribution in [0.15, 0.2) is 17.1 Å². The van der Waals surface area contributed by atoms with E-state index in [1.165, 1.54) is 19.3 Å². The maximum atomic E-state index is 12.3. The lowest BCUT2D eigenvalue weighted by atomic mass is 10.0. The van der Waals surface area contributed by atoms with Gasteiger partial charge in [-0.05, 0) is 31.7 Å². The quantitative estimate of drug-likeness (QED) is 0.869. The molecule has 2 heterocycles. The predicted octanol–water partition coefficient (Wildman–Crippen LogP) is 1.87. The van der Waals surface area contributed by atoms with Crippen LogP contribution in [0.3, 0.4) is 0 Å². The van der Waals surface area contributed by atoms with Crippen LogP contribution in [-0.2, 0) is 6.54 Å². The van der Waals surface area contributed by atoms with E-state index < -0.39 is 0 Å². The molecule has 0 radical (unpaired) electrons. The van der Waals surface area contributed by atoms with Gasteiger partial charge in [0.1, 0.15) is 0 Å². The number of hydrogen-bond acceptors (Lipinski definition) is 4. The van der Waals surface area contributed by atoms with E-state index in [-0.39, 0.29) is 11.6 Å². The zero-order valence-corrected chi connectivity index (χ0v) is 13.5. The summed E-state index contributed by atoms with van der Waals surface area (Å²) in [6, 6.07) is 2.02. The third-order valence-corrected chi connectivity index (χ3v) is 4.22. The summed E-state index contributed by atoms with van der Waals surface area (Å²) in [5.74, 6) is 0.473. The van der Waals surface area contributed by atoms with Crippen LogP contribution in [0, 0.1) is 5.92 Å². The summed E-state index contributed by atoms with van der Waals surface area (Å²) in [6.07, 6.45) is 5.55. The highest BCUT2D eigenvalue weighted by Crippen LogP contribution is 2.16. The number of anilines is 1. The van der Waals surface area contributed by atoms with Gasteiger partial charge in [-0.1, -0.05) is 20.8 Å². The van der Waals surface area contributed by atoms with Crippen LogP contribution in [0.5, 0.6) is 0 Å². The Morgan fingerprint density at radius 2 is 2.00 bits per heavy atom. The van der Waals surface area contributed by atoms with Crippen LogP contribution >= 0.6 is 0 Å². The first-order valence-electron chi connectivity index (χ1n) is 8.17. The fourth-order valence-corrected chi connectivity index (χ4v) is 2.85. The van der Waals surface area contributed by atoms with Gasteiger partial charge in [0.05, 0.1) is 18.4 Å². The van der Waals surface area contributed by atoms with Gasteiger partial charge < -0.3 is 10.2 Å². The van der Waals surface area contributed by atoms with Gasteiger partial charge in [-0.15, -0.1) is 0 Å². The average Bonchev–Trinajstić information content (AvgIpc) is 2.49. The van der Waals surface area contributed by atoms with E-state index in [0.717, 1.165) is 25.3 Å². The van der Waals surface area contributed by atoms with E-state index in [2.05, 4.69) is 36.1 Å². The van der Waals surface area contributed by atoms with Crippen molar-refractivity contribution in [3.8, 4) is 0 Å². The molecule has 1 aliphatic heterocycles.